The van der Waals surface area contributed by atoms with Crippen molar-refractivity contribution in [3.63, 3.8) is 0 Å². The van der Waals surface area contributed by atoms with Crippen molar-refractivity contribution in [2.75, 3.05) is 11.9 Å². The fourth-order valence-corrected chi connectivity index (χ4v) is 2.05. The van der Waals surface area contributed by atoms with Crippen molar-refractivity contribution in [1.29, 1.82) is 0 Å². The van der Waals surface area contributed by atoms with Crippen molar-refractivity contribution in [3.05, 3.63) is 59.9 Å². The third-order valence-corrected chi connectivity index (χ3v) is 3.14. The first kappa shape index (κ1) is 15.7. The maximum Gasteiger partial charge on any atom is 0.322 e. The summed E-state index contributed by atoms with van der Waals surface area (Å²) in [5.41, 5.74) is 0.855. The second kappa shape index (κ2) is 6.91. The van der Waals surface area contributed by atoms with Crippen LogP contribution in [0.2, 0.25) is 0 Å². The average molecular weight is 327 g/mol. The van der Waals surface area contributed by atoms with Crippen LogP contribution in [0, 0.1) is 5.82 Å². The molecule has 1 N–H and O–H groups in total. The van der Waals surface area contributed by atoms with E-state index in [0.29, 0.717) is 12.2 Å². The van der Waals surface area contributed by atoms with Crippen LogP contribution in [0.25, 0.3) is 11.5 Å². The number of carbonyl (C=O) groups excluding carboxylic acids is 1. The quantitative estimate of drug-likeness (QED) is 0.776. The molecule has 0 unspecified atom stereocenters. The SMILES string of the molecule is CCOc1ccc(-c2nnc(NC(=O)c3cccc(F)c3)o2)cc1. The highest BCUT2D eigenvalue weighted by Gasteiger charge is 2.13. The van der Waals surface area contributed by atoms with Gasteiger partial charge in [0.2, 0.25) is 5.89 Å². The molecule has 122 valence electrons. The maximum absolute atomic E-state index is 13.1. The number of aromatic nitrogens is 2. The van der Waals surface area contributed by atoms with E-state index < -0.39 is 11.7 Å². The highest BCUT2D eigenvalue weighted by Crippen LogP contribution is 2.23. The lowest BCUT2D eigenvalue weighted by Gasteiger charge is -2.02. The molecule has 0 bridgehead atoms. The topological polar surface area (TPSA) is 77.3 Å². The number of halogens is 1. The minimum atomic E-state index is -0.531. The lowest BCUT2D eigenvalue weighted by Crippen LogP contribution is -2.12. The Hall–Kier alpha value is -3.22. The first-order chi connectivity index (χ1) is 11.7. The molecule has 0 atom stereocenters. The van der Waals surface area contributed by atoms with E-state index >= 15 is 0 Å². The Bertz CT molecular complexity index is 846. The lowest BCUT2D eigenvalue weighted by atomic mass is 10.2. The summed E-state index contributed by atoms with van der Waals surface area (Å²) in [6.45, 7) is 2.48. The van der Waals surface area contributed by atoms with Gasteiger partial charge in [0.15, 0.2) is 0 Å². The summed E-state index contributed by atoms with van der Waals surface area (Å²) in [6, 6.07) is 12.4. The maximum atomic E-state index is 13.1. The number of ether oxygens (including phenoxy) is 1. The fraction of sp³-hybridized carbons (Fsp3) is 0.118. The van der Waals surface area contributed by atoms with E-state index in [1.165, 1.54) is 18.2 Å². The van der Waals surface area contributed by atoms with Gasteiger partial charge in [-0.1, -0.05) is 11.2 Å². The Kier molecular flexibility index (Phi) is 4.51. The molecule has 0 fully saturated rings. The first-order valence-electron chi connectivity index (χ1n) is 7.29. The Morgan fingerprint density at radius 3 is 2.71 bits per heavy atom. The largest absolute Gasteiger partial charge is 0.494 e. The summed E-state index contributed by atoms with van der Waals surface area (Å²) < 4.78 is 23.9. The summed E-state index contributed by atoms with van der Waals surface area (Å²) in [7, 11) is 0. The molecule has 0 saturated heterocycles. The molecule has 0 aliphatic heterocycles. The predicted molar refractivity (Wildman–Crippen MR) is 85.3 cm³/mol. The van der Waals surface area contributed by atoms with Gasteiger partial charge in [-0.25, -0.2) is 4.39 Å². The molecular weight excluding hydrogens is 313 g/mol. The minimum Gasteiger partial charge on any atom is -0.494 e. The van der Waals surface area contributed by atoms with E-state index in [1.807, 2.05) is 6.92 Å². The van der Waals surface area contributed by atoms with E-state index in [2.05, 4.69) is 15.5 Å². The number of hydrogen-bond acceptors (Lipinski definition) is 5. The molecule has 0 saturated carbocycles. The Labute approximate surface area is 137 Å². The highest BCUT2D eigenvalue weighted by atomic mass is 19.1. The van der Waals surface area contributed by atoms with Crippen LogP contribution in [0.3, 0.4) is 0 Å². The number of benzene rings is 2. The third kappa shape index (κ3) is 3.57. The van der Waals surface area contributed by atoms with Crippen molar-refractivity contribution >= 4 is 11.9 Å². The standard InChI is InChI=1S/C17H14FN3O3/c1-2-23-14-8-6-11(7-9-14)16-20-21-17(24-16)19-15(22)12-4-3-5-13(18)10-12/h3-10H,2H2,1H3,(H,19,21,22). The van der Waals surface area contributed by atoms with Crippen molar-refractivity contribution in [2.45, 2.75) is 6.92 Å². The molecule has 1 aromatic heterocycles. The van der Waals surface area contributed by atoms with Gasteiger partial charge < -0.3 is 9.15 Å². The third-order valence-electron chi connectivity index (χ3n) is 3.14. The fourth-order valence-electron chi connectivity index (χ4n) is 2.05. The van der Waals surface area contributed by atoms with E-state index in [4.69, 9.17) is 9.15 Å². The second-order valence-corrected chi connectivity index (χ2v) is 4.83. The monoisotopic (exact) mass is 327 g/mol. The van der Waals surface area contributed by atoms with Crippen LogP contribution in [0.5, 0.6) is 5.75 Å². The normalized spacial score (nSPS) is 10.4. The van der Waals surface area contributed by atoms with E-state index in [-0.39, 0.29) is 17.5 Å². The minimum absolute atomic E-state index is 0.0619. The van der Waals surface area contributed by atoms with Crippen LogP contribution in [0.1, 0.15) is 17.3 Å². The zero-order valence-electron chi connectivity index (χ0n) is 12.8. The van der Waals surface area contributed by atoms with Crippen LogP contribution in [-0.4, -0.2) is 22.7 Å². The van der Waals surface area contributed by atoms with Gasteiger partial charge in [-0.15, -0.1) is 5.10 Å². The van der Waals surface area contributed by atoms with Crippen LogP contribution in [-0.2, 0) is 0 Å². The van der Waals surface area contributed by atoms with Crippen molar-refractivity contribution in [2.24, 2.45) is 0 Å². The van der Waals surface area contributed by atoms with Crippen molar-refractivity contribution < 1.29 is 18.3 Å². The van der Waals surface area contributed by atoms with E-state index in [0.717, 1.165) is 11.8 Å². The molecule has 1 heterocycles. The summed E-state index contributed by atoms with van der Waals surface area (Å²) in [5.74, 6) is -0.0346. The van der Waals surface area contributed by atoms with Crippen molar-refractivity contribution in [1.82, 2.24) is 10.2 Å². The molecule has 2 aromatic carbocycles. The molecular formula is C17H14FN3O3. The van der Waals surface area contributed by atoms with E-state index in [1.54, 1.807) is 24.3 Å². The highest BCUT2D eigenvalue weighted by molar-refractivity contribution is 6.03. The van der Waals surface area contributed by atoms with Crippen LogP contribution in [0.4, 0.5) is 10.4 Å². The number of amides is 1. The summed E-state index contributed by atoms with van der Waals surface area (Å²) in [6.07, 6.45) is 0. The van der Waals surface area contributed by atoms with Gasteiger partial charge in [-0.05, 0) is 49.4 Å². The first-order valence-corrected chi connectivity index (χ1v) is 7.29. The molecule has 3 aromatic rings. The summed E-state index contributed by atoms with van der Waals surface area (Å²) in [4.78, 5) is 12.0. The van der Waals surface area contributed by atoms with Gasteiger partial charge in [0.25, 0.3) is 5.91 Å². The number of carbonyl (C=O) groups is 1. The van der Waals surface area contributed by atoms with Crippen LogP contribution >= 0.6 is 0 Å². The van der Waals surface area contributed by atoms with Gasteiger partial charge in [0.1, 0.15) is 11.6 Å². The predicted octanol–water partition coefficient (Wildman–Crippen LogP) is 3.53. The molecule has 7 heteroatoms. The van der Waals surface area contributed by atoms with Gasteiger partial charge in [0.05, 0.1) is 6.61 Å². The Morgan fingerprint density at radius 1 is 1.21 bits per heavy atom. The van der Waals surface area contributed by atoms with Gasteiger partial charge in [0, 0.05) is 11.1 Å². The van der Waals surface area contributed by atoms with Gasteiger partial charge >= 0.3 is 6.01 Å². The average Bonchev–Trinajstić information content (AvgIpc) is 3.04. The summed E-state index contributed by atoms with van der Waals surface area (Å²) >= 11 is 0. The van der Waals surface area contributed by atoms with Crippen LogP contribution in [0.15, 0.2) is 52.9 Å². The smallest absolute Gasteiger partial charge is 0.322 e. The zero-order chi connectivity index (χ0) is 16.9. The number of nitrogens with zero attached hydrogens (tertiary/aromatic N) is 2. The molecule has 0 radical (unpaired) electrons. The zero-order valence-corrected chi connectivity index (χ0v) is 12.8. The van der Waals surface area contributed by atoms with Gasteiger partial charge in [-0.3, -0.25) is 10.1 Å². The Morgan fingerprint density at radius 2 is 2.00 bits per heavy atom. The van der Waals surface area contributed by atoms with Gasteiger partial charge in [-0.2, -0.15) is 0 Å². The molecule has 6 nitrogen and oxygen atoms in total. The molecule has 0 spiro atoms. The molecule has 0 aliphatic rings. The Balaban J connectivity index is 1.72. The molecule has 24 heavy (non-hydrogen) atoms. The number of rotatable bonds is 5. The number of nitrogens with one attached hydrogen (secondary N) is 1. The number of anilines is 1. The molecule has 1 amide bonds. The summed E-state index contributed by atoms with van der Waals surface area (Å²) in [5, 5.41) is 10.1. The van der Waals surface area contributed by atoms with Crippen LogP contribution < -0.4 is 10.1 Å². The van der Waals surface area contributed by atoms with E-state index in [9.17, 15) is 9.18 Å². The van der Waals surface area contributed by atoms with Crippen molar-refractivity contribution in [3.8, 4) is 17.2 Å². The molecule has 0 aliphatic carbocycles. The number of hydrogen-bond donors (Lipinski definition) is 1. The second-order valence-electron chi connectivity index (χ2n) is 4.83. The molecule has 3 rings (SSSR count). The lowest BCUT2D eigenvalue weighted by molar-refractivity contribution is 0.102.